The molecule has 0 aliphatic heterocycles. The van der Waals surface area contributed by atoms with Crippen LogP contribution in [-0.2, 0) is 11.3 Å². The summed E-state index contributed by atoms with van der Waals surface area (Å²) in [7, 11) is 0. The normalized spacial score (nSPS) is 10.9. The number of aromatic nitrogens is 1. The van der Waals surface area contributed by atoms with Crippen LogP contribution < -0.4 is 5.56 Å². The molecule has 108 valence electrons. The van der Waals surface area contributed by atoms with Crippen LogP contribution in [0.3, 0.4) is 0 Å². The fourth-order valence-corrected chi connectivity index (χ4v) is 2.93. The van der Waals surface area contributed by atoms with E-state index in [-0.39, 0.29) is 44.3 Å². The Morgan fingerprint density at radius 1 is 1.20 bits per heavy atom. The van der Waals surface area contributed by atoms with Gasteiger partial charge in [-0.2, -0.15) is 0 Å². The number of amides is 1. The minimum Gasteiger partial charge on any atom is -0.395 e. The van der Waals surface area contributed by atoms with E-state index in [1.54, 1.807) is 12.1 Å². The third-order valence-corrected chi connectivity index (χ3v) is 3.99. The van der Waals surface area contributed by atoms with Crippen LogP contribution in [0.25, 0.3) is 10.1 Å². The number of hydrogen-bond acceptors (Lipinski definition) is 5. The van der Waals surface area contributed by atoms with Gasteiger partial charge in [-0.15, -0.1) is 0 Å². The number of fused-ring (bicyclic) bond motifs is 1. The summed E-state index contributed by atoms with van der Waals surface area (Å²) in [6.07, 6.45) is 0. The lowest BCUT2D eigenvalue weighted by Crippen LogP contribution is -2.39. The number of nitrogens with zero attached hydrogens (tertiary/aromatic N) is 2. The number of aliphatic hydroxyl groups is 2. The predicted octanol–water partition coefficient (Wildman–Crippen LogP) is -0.124. The Bertz CT molecular complexity index is 643. The number of hydrogen-bond donors (Lipinski definition) is 2. The lowest BCUT2D eigenvalue weighted by molar-refractivity contribution is -0.132. The number of carbonyl (C=O) groups is 1. The van der Waals surface area contributed by atoms with Gasteiger partial charge >= 0.3 is 0 Å². The quantitative estimate of drug-likeness (QED) is 0.778. The highest BCUT2D eigenvalue weighted by Crippen LogP contribution is 2.15. The van der Waals surface area contributed by atoms with Gasteiger partial charge in [0.15, 0.2) is 0 Å². The van der Waals surface area contributed by atoms with Gasteiger partial charge < -0.3 is 15.1 Å². The Hall–Kier alpha value is -1.70. The van der Waals surface area contributed by atoms with Crippen LogP contribution in [0.1, 0.15) is 0 Å². The smallest absolute Gasteiger partial charge is 0.268 e. The van der Waals surface area contributed by atoms with Gasteiger partial charge in [-0.25, -0.2) is 0 Å². The van der Waals surface area contributed by atoms with E-state index in [1.165, 1.54) is 20.4 Å². The summed E-state index contributed by atoms with van der Waals surface area (Å²) >= 11 is 1.24. The fraction of sp³-hybridized carbons (Fsp3) is 0.385. The summed E-state index contributed by atoms with van der Waals surface area (Å²) < 4.78 is 2.23. The topological polar surface area (TPSA) is 82.8 Å². The average molecular weight is 296 g/mol. The Kier molecular flexibility index (Phi) is 4.89. The van der Waals surface area contributed by atoms with Gasteiger partial charge in [-0.3, -0.25) is 13.5 Å². The minimum atomic E-state index is -0.290. The first-order valence-corrected chi connectivity index (χ1v) is 7.03. The summed E-state index contributed by atoms with van der Waals surface area (Å²) in [4.78, 5) is 25.5. The predicted molar refractivity (Wildman–Crippen MR) is 76.8 cm³/mol. The van der Waals surface area contributed by atoms with Crippen LogP contribution in [0, 0.1) is 0 Å². The number of rotatable bonds is 6. The van der Waals surface area contributed by atoms with Crippen LogP contribution >= 0.6 is 11.5 Å². The maximum Gasteiger partial charge on any atom is 0.268 e. The van der Waals surface area contributed by atoms with E-state index in [9.17, 15) is 9.59 Å². The second-order valence-corrected chi connectivity index (χ2v) is 5.32. The molecule has 0 unspecified atom stereocenters. The first-order valence-electron chi connectivity index (χ1n) is 6.25. The largest absolute Gasteiger partial charge is 0.395 e. The van der Waals surface area contributed by atoms with Crippen molar-refractivity contribution in [2.24, 2.45) is 0 Å². The fourth-order valence-electron chi connectivity index (χ4n) is 1.95. The van der Waals surface area contributed by atoms with E-state index < -0.39 is 0 Å². The molecule has 1 aromatic heterocycles. The van der Waals surface area contributed by atoms with Gasteiger partial charge in [0.05, 0.1) is 23.3 Å². The van der Waals surface area contributed by atoms with Gasteiger partial charge in [-0.05, 0) is 12.1 Å². The maximum absolute atomic E-state index is 12.1. The molecule has 0 saturated carbocycles. The van der Waals surface area contributed by atoms with Crippen molar-refractivity contribution < 1.29 is 15.0 Å². The van der Waals surface area contributed by atoms with E-state index in [0.29, 0.717) is 5.39 Å². The van der Waals surface area contributed by atoms with Crippen molar-refractivity contribution in [1.82, 2.24) is 8.86 Å². The molecule has 7 heteroatoms. The van der Waals surface area contributed by atoms with E-state index in [1.807, 2.05) is 12.1 Å². The second kappa shape index (κ2) is 6.65. The highest BCUT2D eigenvalue weighted by atomic mass is 32.1. The zero-order valence-corrected chi connectivity index (χ0v) is 11.7. The van der Waals surface area contributed by atoms with Crippen LogP contribution in [0.15, 0.2) is 29.1 Å². The standard InChI is InChI=1S/C13H16N2O4S/c16-7-5-14(6-8-17)12(18)9-15-13(19)10-3-1-2-4-11(10)20-15/h1-4,16-17H,5-9H2. The molecule has 20 heavy (non-hydrogen) atoms. The molecule has 0 fully saturated rings. The van der Waals surface area contributed by atoms with Gasteiger partial charge in [-0.1, -0.05) is 23.7 Å². The van der Waals surface area contributed by atoms with Gasteiger partial charge in [0.25, 0.3) is 5.56 Å². The molecule has 1 heterocycles. The zero-order chi connectivity index (χ0) is 14.5. The third-order valence-electron chi connectivity index (χ3n) is 2.92. The van der Waals surface area contributed by atoms with Crippen LogP contribution in [0.2, 0.25) is 0 Å². The summed E-state index contributed by atoms with van der Waals surface area (Å²) in [5.74, 6) is -0.290. The van der Waals surface area contributed by atoms with Gasteiger partial charge in [0, 0.05) is 13.1 Å². The molecule has 0 aliphatic carbocycles. The maximum atomic E-state index is 12.1. The molecule has 2 aromatic rings. The molecule has 2 N–H and O–H groups in total. The monoisotopic (exact) mass is 296 g/mol. The third kappa shape index (κ3) is 3.06. The first kappa shape index (κ1) is 14.7. The zero-order valence-electron chi connectivity index (χ0n) is 10.9. The van der Waals surface area contributed by atoms with E-state index in [4.69, 9.17) is 10.2 Å². The average Bonchev–Trinajstić information content (AvgIpc) is 2.76. The lowest BCUT2D eigenvalue weighted by Gasteiger charge is -2.20. The molecule has 2 rings (SSSR count). The lowest BCUT2D eigenvalue weighted by atomic mass is 10.3. The molecule has 0 spiro atoms. The summed E-state index contributed by atoms with van der Waals surface area (Å²) in [6.45, 7) is -0.115. The Morgan fingerprint density at radius 2 is 1.85 bits per heavy atom. The van der Waals surface area contributed by atoms with E-state index in [2.05, 4.69) is 0 Å². The van der Waals surface area contributed by atoms with Gasteiger partial charge in [0.1, 0.15) is 6.54 Å². The van der Waals surface area contributed by atoms with Crippen LogP contribution in [-0.4, -0.2) is 51.3 Å². The van der Waals surface area contributed by atoms with Crippen molar-refractivity contribution >= 4 is 27.5 Å². The van der Waals surface area contributed by atoms with Crippen LogP contribution in [0.4, 0.5) is 0 Å². The van der Waals surface area contributed by atoms with E-state index in [0.717, 1.165) is 4.70 Å². The van der Waals surface area contributed by atoms with Crippen molar-refractivity contribution in [2.45, 2.75) is 6.54 Å². The highest BCUT2D eigenvalue weighted by molar-refractivity contribution is 7.13. The molecule has 0 saturated heterocycles. The van der Waals surface area contributed by atoms with Crippen LogP contribution in [0.5, 0.6) is 0 Å². The minimum absolute atomic E-state index is 0.0712. The molecule has 1 amide bonds. The molecule has 0 bridgehead atoms. The first-order chi connectivity index (χ1) is 9.67. The van der Waals surface area contributed by atoms with E-state index >= 15 is 0 Å². The Balaban J connectivity index is 2.20. The second-order valence-electron chi connectivity index (χ2n) is 4.26. The molecule has 0 aliphatic rings. The highest BCUT2D eigenvalue weighted by Gasteiger charge is 2.16. The molecule has 0 atom stereocenters. The van der Waals surface area contributed by atoms with Crippen molar-refractivity contribution in [3.05, 3.63) is 34.6 Å². The molecule has 0 radical (unpaired) electrons. The number of carbonyl (C=O) groups excluding carboxylic acids is 1. The summed E-state index contributed by atoms with van der Waals surface area (Å²) in [6, 6.07) is 7.19. The molecule has 6 nitrogen and oxygen atoms in total. The summed E-state index contributed by atoms with van der Waals surface area (Å²) in [5, 5.41) is 18.4. The van der Waals surface area contributed by atoms with Crippen molar-refractivity contribution in [3.63, 3.8) is 0 Å². The summed E-state index contributed by atoms with van der Waals surface area (Å²) in [5.41, 5.74) is -0.188. The van der Waals surface area contributed by atoms with Crippen molar-refractivity contribution in [1.29, 1.82) is 0 Å². The van der Waals surface area contributed by atoms with Gasteiger partial charge in [0.2, 0.25) is 5.91 Å². The molecular formula is C13H16N2O4S. The van der Waals surface area contributed by atoms with Crippen molar-refractivity contribution in [2.75, 3.05) is 26.3 Å². The molecule has 1 aromatic carbocycles. The Morgan fingerprint density at radius 3 is 2.45 bits per heavy atom. The van der Waals surface area contributed by atoms with Crippen molar-refractivity contribution in [3.8, 4) is 0 Å². The molecular weight excluding hydrogens is 280 g/mol. The SMILES string of the molecule is O=C(Cn1sc2ccccc2c1=O)N(CCO)CCO. The number of benzene rings is 1. The Labute approximate surface area is 119 Å². The number of aliphatic hydroxyl groups excluding tert-OH is 2.